The Bertz CT molecular complexity index is 315. The Morgan fingerprint density at radius 3 is 2.61 bits per heavy atom. The Balaban J connectivity index is 1.53. The van der Waals surface area contributed by atoms with Crippen LogP contribution in [0.15, 0.2) is 0 Å². The molecule has 2 N–H and O–H groups in total. The van der Waals surface area contributed by atoms with Gasteiger partial charge in [-0.25, -0.2) is 0 Å². The molecule has 1 aliphatic carbocycles. The summed E-state index contributed by atoms with van der Waals surface area (Å²) < 4.78 is 5.25. The van der Waals surface area contributed by atoms with Crippen LogP contribution in [0.2, 0.25) is 0 Å². The van der Waals surface area contributed by atoms with Crippen molar-refractivity contribution in [1.82, 2.24) is 10.2 Å². The summed E-state index contributed by atoms with van der Waals surface area (Å²) >= 11 is 0. The smallest absolute Gasteiger partial charge is 0.307 e. The average Bonchev–Trinajstić information content (AvgIpc) is 3.16. The largest absolute Gasteiger partial charge is 0.481 e. The molecule has 1 aliphatic heterocycles. The van der Waals surface area contributed by atoms with Gasteiger partial charge in [-0.2, -0.15) is 0 Å². The van der Waals surface area contributed by atoms with Gasteiger partial charge in [-0.05, 0) is 19.4 Å². The summed E-state index contributed by atoms with van der Waals surface area (Å²) in [5.74, 6) is -1.72. The van der Waals surface area contributed by atoms with Gasteiger partial charge in [0.15, 0.2) is 0 Å². The third kappa shape index (κ3) is 3.68. The Kier molecular flexibility index (Phi) is 4.54. The van der Waals surface area contributed by atoms with E-state index in [1.54, 1.807) is 0 Å². The number of ether oxygens (including phenoxy) is 1. The first-order valence-corrected chi connectivity index (χ1v) is 6.49. The number of carbonyl (C=O) groups excluding carboxylic acids is 1. The number of hydrogen-bond donors (Lipinski definition) is 2. The van der Waals surface area contributed by atoms with E-state index in [4.69, 9.17) is 9.84 Å². The zero-order valence-corrected chi connectivity index (χ0v) is 10.4. The van der Waals surface area contributed by atoms with E-state index >= 15 is 0 Å². The van der Waals surface area contributed by atoms with E-state index < -0.39 is 11.9 Å². The minimum Gasteiger partial charge on any atom is -0.481 e. The van der Waals surface area contributed by atoms with Crippen molar-refractivity contribution in [2.45, 2.75) is 12.8 Å². The van der Waals surface area contributed by atoms with Crippen molar-refractivity contribution in [2.75, 3.05) is 39.4 Å². The van der Waals surface area contributed by atoms with Gasteiger partial charge in [-0.15, -0.1) is 0 Å². The fraction of sp³-hybridized carbons (Fsp3) is 0.833. The number of carboxylic acids is 1. The van der Waals surface area contributed by atoms with E-state index in [1.807, 2.05) is 0 Å². The maximum absolute atomic E-state index is 11.6. The minimum absolute atomic E-state index is 0.107. The van der Waals surface area contributed by atoms with Crippen LogP contribution in [0.4, 0.5) is 0 Å². The maximum Gasteiger partial charge on any atom is 0.307 e. The molecule has 0 aromatic heterocycles. The van der Waals surface area contributed by atoms with Gasteiger partial charge in [0.05, 0.1) is 25.0 Å². The van der Waals surface area contributed by atoms with Crippen LogP contribution in [0.5, 0.6) is 0 Å². The Morgan fingerprint density at radius 1 is 1.28 bits per heavy atom. The van der Waals surface area contributed by atoms with E-state index in [9.17, 15) is 9.59 Å². The first-order chi connectivity index (χ1) is 8.68. The number of amides is 1. The van der Waals surface area contributed by atoms with E-state index in [2.05, 4.69) is 10.2 Å². The highest BCUT2D eigenvalue weighted by atomic mass is 16.5. The molecule has 1 amide bonds. The molecule has 0 bridgehead atoms. The van der Waals surface area contributed by atoms with Crippen LogP contribution in [0.3, 0.4) is 0 Å². The molecular weight excluding hydrogens is 236 g/mol. The Morgan fingerprint density at radius 2 is 2.00 bits per heavy atom. The molecule has 2 fully saturated rings. The molecule has 0 spiro atoms. The number of carboxylic acid groups (broad SMARTS) is 1. The summed E-state index contributed by atoms with van der Waals surface area (Å²) in [7, 11) is 0. The molecule has 18 heavy (non-hydrogen) atoms. The topological polar surface area (TPSA) is 78.9 Å². The van der Waals surface area contributed by atoms with Gasteiger partial charge in [0.2, 0.25) is 5.91 Å². The summed E-state index contributed by atoms with van der Waals surface area (Å²) in [4.78, 5) is 24.5. The number of hydrogen-bond acceptors (Lipinski definition) is 4. The molecule has 6 nitrogen and oxygen atoms in total. The van der Waals surface area contributed by atoms with Crippen LogP contribution >= 0.6 is 0 Å². The Labute approximate surface area is 106 Å². The quantitative estimate of drug-likeness (QED) is 0.629. The lowest BCUT2D eigenvalue weighted by Gasteiger charge is -2.26. The lowest BCUT2D eigenvalue weighted by Crippen LogP contribution is -2.38. The summed E-state index contributed by atoms with van der Waals surface area (Å²) in [5.41, 5.74) is 0. The summed E-state index contributed by atoms with van der Waals surface area (Å²) in [6.07, 6.45) is 1.39. The lowest BCUT2D eigenvalue weighted by atomic mass is 10.3. The highest BCUT2D eigenvalue weighted by molar-refractivity contribution is 5.89. The van der Waals surface area contributed by atoms with Crippen LogP contribution in [-0.4, -0.2) is 61.3 Å². The van der Waals surface area contributed by atoms with Gasteiger partial charge in [0.25, 0.3) is 0 Å². The second-order valence-corrected chi connectivity index (χ2v) is 4.89. The number of morpholine rings is 1. The molecule has 1 saturated carbocycles. The SMILES string of the molecule is O=C(O)[C@H]1C[C@H]1C(=O)NCCCN1CCOCC1. The molecule has 0 unspecified atom stereocenters. The van der Waals surface area contributed by atoms with Crippen LogP contribution in [-0.2, 0) is 14.3 Å². The third-order valence-corrected chi connectivity index (χ3v) is 3.50. The second-order valence-electron chi connectivity index (χ2n) is 4.89. The van der Waals surface area contributed by atoms with E-state index in [-0.39, 0.29) is 11.8 Å². The van der Waals surface area contributed by atoms with E-state index in [0.717, 1.165) is 39.3 Å². The molecule has 102 valence electrons. The summed E-state index contributed by atoms with van der Waals surface area (Å²) in [6, 6.07) is 0. The fourth-order valence-electron chi connectivity index (χ4n) is 2.23. The lowest BCUT2D eigenvalue weighted by molar-refractivity contribution is -0.140. The molecule has 2 atom stereocenters. The second kappa shape index (κ2) is 6.15. The number of nitrogens with one attached hydrogen (secondary N) is 1. The van der Waals surface area contributed by atoms with Gasteiger partial charge < -0.3 is 15.2 Å². The minimum atomic E-state index is -0.858. The molecule has 1 heterocycles. The summed E-state index contributed by atoms with van der Waals surface area (Å²) in [5, 5.41) is 11.5. The zero-order chi connectivity index (χ0) is 13.0. The van der Waals surface area contributed by atoms with Crippen molar-refractivity contribution < 1.29 is 19.4 Å². The van der Waals surface area contributed by atoms with Crippen molar-refractivity contribution in [3.63, 3.8) is 0 Å². The van der Waals surface area contributed by atoms with Crippen molar-refractivity contribution >= 4 is 11.9 Å². The summed E-state index contributed by atoms with van der Waals surface area (Å²) in [6.45, 7) is 5.06. The number of carbonyl (C=O) groups is 2. The molecule has 1 saturated heterocycles. The highest BCUT2D eigenvalue weighted by Crippen LogP contribution is 2.38. The van der Waals surface area contributed by atoms with Gasteiger partial charge in [-0.1, -0.05) is 0 Å². The fourth-order valence-corrected chi connectivity index (χ4v) is 2.23. The third-order valence-electron chi connectivity index (χ3n) is 3.50. The van der Waals surface area contributed by atoms with Crippen molar-refractivity contribution in [1.29, 1.82) is 0 Å². The standard InChI is InChI=1S/C12H20N2O4/c15-11(9-8-10(9)12(16)17)13-2-1-3-14-4-6-18-7-5-14/h9-10H,1-8H2,(H,13,15)(H,16,17)/t9-,10+/m1/s1. The predicted octanol–water partition coefficient (Wildman–Crippen LogP) is -0.454. The van der Waals surface area contributed by atoms with Crippen molar-refractivity contribution in [3.05, 3.63) is 0 Å². The number of rotatable bonds is 6. The van der Waals surface area contributed by atoms with Crippen molar-refractivity contribution in [2.24, 2.45) is 11.8 Å². The highest BCUT2D eigenvalue weighted by Gasteiger charge is 2.48. The Hall–Kier alpha value is -1.14. The van der Waals surface area contributed by atoms with Gasteiger partial charge in [0.1, 0.15) is 0 Å². The van der Waals surface area contributed by atoms with Crippen LogP contribution in [0.1, 0.15) is 12.8 Å². The molecule has 6 heteroatoms. The number of aliphatic carboxylic acids is 1. The first kappa shape index (κ1) is 13.3. The zero-order valence-electron chi connectivity index (χ0n) is 10.4. The predicted molar refractivity (Wildman–Crippen MR) is 64.1 cm³/mol. The first-order valence-electron chi connectivity index (χ1n) is 6.49. The number of nitrogens with zero attached hydrogens (tertiary/aromatic N) is 1. The normalized spacial score (nSPS) is 27.8. The van der Waals surface area contributed by atoms with Crippen LogP contribution < -0.4 is 5.32 Å². The van der Waals surface area contributed by atoms with E-state index in [1.165, 1.54) is 0 Å². The molecule has 2 rings (SSSR count). The molecular formula is C12H20N2O4. The van der Waals surface area contributed by atoms with Crippen molar-refractivity contribution in [3.8, 4) is 0 Å². The van der Waals surface area contributed by atoms with Gasteiger partial charge in [0, 0.05) is 19.6 Å². The molecule has 2 aliphatic rings. The molecule has 0 aromatic carbocycles. The average molecular weight is 256 g/mol. The van der Waals surface area contributed by atoms with Crippen LogP contribution in [0, 0.1) is 11.8 Å². The van der Waals surface area contributed by atoms with E-state index in [0.29, 0.717) is 13.0 Å². The molecule has 0 aromatic rings. The maximum atomic E-state index is 11.6. The van der Waals surface area contributed by atoms with Gasteiger partial charge in [-0.3, -0.25) is 14.5 Å². The monoisotopic (exact) mass is 256 g/mol. The molecule has 0 radical (unpaired) electrons. The van der Waals surface area contributed by atoms with Gasteiger partial charge >= 0.3 is 5.97 Å². The van der Waals surface area contributed by atoms with Crippen LogP contribution in [0.25, 0.3) is 0 Å².